The number of hydrogen-bond donors (Lipinski definition) is 1. The molecule has 0 aliphatic heterocycles. The fourth-order valence-electron chi connectivity index (χ4n) is 2.97. The third-order valence-corrected chi connectivity index (χ3v) is 4.31. The predicted molar refractivity (Wildman–Crippen MR) is 98.9 cm³/mol. The quantitative estimate of drug-likeness (QED) is 0.729. The highest BCUT2D eigenvalue weighted by Gasteiger charge is 2.16. The molecule has 0 aliphatic carbocycles. The largest absolute Gasteiger partial charge is 0.504 e. The van der Waals surface area contributed by atoms with E-state index in [0.29, 0.717) is 35.0 Å². The van der Waals surface area contributed by atoms with Gasteiger partial charge in [-0.2, -0.15) is 0 Å². The van der Waals surface area contributed by atoms with Crippen LogP contribution in [0.5, 0.6) is 28.7 Å². The summed E-state index contributed by atoms with van der Waals surface area (Å²) in [5.74, 6) is 2.12. The van der Waals surface area contributed by atoms with Crippen molar-refractivity contribution in [3.8, 4) is 28.7 Å². The Hall–Kier alpha value is -3.15. The molecule has 3 aromatic rings. The van der Waals surface area contributed by atoms with Gasteiger partial charge in [0.15, 0.2) is 23.0 Å². The summed E-state index contributed by atoms with van der Waals surface area (Å²) in [5, 5.41) is 12.4. The summed E-state index contributed by atoms with van der Waals surface area (Å²) in [5.41, 5.74) is 1.50. The van der Waals surface area contributed by atoms with Gasteiger partial charge in [-0.3, -0.25) is 4.98 Å². The fraction of sp³-hybridized carbons (Fsp3) is 0.250. The Morgan fingerprint density at radius 1 is 0.846 bits per heavy atom. The lowest BCUT2D eigenvalue weighted by Gasteiger charge is -2.14. The Labute approximate surface area is 151 Å². The first-order valence-electron chi connectivity index (χ1n) is 8.05. The summed E-state index contributed by atoms with van der Waals surface area (Å²) in [6.45, 7) is 0. The summed E-state index contributed by atoms with van der Waals surface area (Å²) in [6, 6.07) is 9.29. The van der Waals surface area contributed by atoms with Crippen LogP contribution in [-0.4, -0.2) is 38.5 Å². The number of nitrogens with zero attached hydrogens (tertiary/aromatic N) is 1. The lowest BCUT2D eigenvalue weighted by molar-refractivity contribution is 0.331. The van der Waals surface area contributed by atoms with E-state index < -0.39 is 0 Å². The van der Waals surface area contributed by atoms with Gasteiger partial charge in [0, 0.05) is 23.6 Å². The van der Waals surface area contributed by atoms with Crippen LogP contribution in [0.3, 0.4) is 0 Å². The zero-order valence-corrected chi connectivity index (χ0v) is 15.2. The van der Waals surface area contributed by atoms with Crippen molar-refractivity contribution in [2.75, 3.05) is 28.4 Å². The Kier molecular flexibility index (Phi) is 5.02. The number of benzene rings is 2. The fourth-order valence-corrected chi connectivity index (χ4v) is 2.97. The minimum absolute atomic E-state index is 0.0473. The molecule has 0 spiro atoms. The van der Waals surface area contributed by atoms with E-state index in [1.807, 2.05) is 18.2 Å². The maximum Gasteiger partial charge on any atom is 0.203 e. The van der Waals surface area contributed by atoms with Crippen molar-refractivity contribution in [2.24, 2.45) is 0 Å². The van der Waals surface area contributed by atoms with Gasteiger partial charge in [0.05, 0.1) is 34.1 Å². The van der Waals surface area contributed by atoms with Gasteiger partial charge >= 0.3 is 0 Å². The van der Waals surface area contributed by atoms with Crippen LogP contribution in [0.25, 0.3) is 10.8 Å². The van der Waals surface area contributed by atoms with Crippen molar-refractivity contribution < 1.29 is 24.1 Å². The van der Waals surface area contributed by atoms with Crippen LogP contribution < -0.4 is 18.9 Å². The molecule has 0 amide bonds. The number of rotatable bonds is 6. The van der Waals surface area contributed by atoms with E-state index >= 15 is 0 Å². The topological polar surface area (TPSA) is 70.0 Å². The molecule has 0 fully saturated rings. The molecular formula is C20H21NO5. The number of ether oxygens (including phenoxy) is 4. The van der Waals surface area contributed by atoms with Crippen molar-refractivity contribution in [1.82, 2.24) is 4.98 Å². The third-order valence-electron chi connectivity index (χ3n) is 4.31. The van der Waals surface area contributed by atoms with Gasteiger partial charge in [0.1, 0.15) is 0 Å². The van der Waals surface area contributed by atoms with E-state index in [1.165, 1.54) is 14.2 Å². The maximum atomic E-state index is 10.5. The van der Waals surface area contributed by atoms with Crippen molar-refractivity contribution >= 4 is 10.8 Å². The molecule has 0 saturated heterocycles. The second-order valence-corrected chi connectivity index (χ2v) is 5.67. The molecule has 0 unspecified atom stereocenters. The number of hydrogen-bond acceptors (Lipinski definition) is 6. The van der Waals surface area contributed by atoms with Gasteiger partial charge < -0.3 is 24.1 Å². The van der Waals surface area contributed by atoms with Crippen molar-refractivity contribution in [3.63, 3.8) is 0 Å². The zero-order valence-electron chi connectivity index (χ0n) is 15.2. The molecule has 3 rings (SSSR count). The number of aromatic hydroxyl groups is 1. The summed E-state index contributed by atoms with van der Waals surface area (Å²) >= 11 is 0. The monoisotopic (exact) mass is 355 g/mol. The highest BCUT2D eigenvalue weighted by molar-refractivity contribution is 5.88. The maximum absolute atomic E-state index is 10.5. The molecule has 1 aromatic heterocycles. The van der Waals surface area contributed by atoms with E-state index in [0.717, 1.165) is 16.5 Å². The van der Waals surface area contributed by atoms with Crippen LogP contribution in [-0.2, 0) is 6.42 Å². The summed E-state index contributed by atoms with van der Waals surface area (Å²) < 4.78 is 21.2. The highest BCUT2D eigenvalue weighted by Crippen LogP contribution is 2.40. The molecule has 136 valence electrons. The molecule has 1 N–H and O–H groups in total. The molecule has 0 atom stereocenters. The molecule has 0 aliphatic rings. The number of pyridine rings is 1. The molecule has 0 saturated carbocycles. The molecule has 6 nitrogen and oxygen atoms in total. The van der Waals surface area contributed by atoms with E-state index in [1.54, 1.807) is 32.5 Å². The number of methoxy groups -OCH3 is 4. The minimum atomic E-state index is 0.0473. The molecule has 0 radical (unpaired) electrons. The van der Waals surface area contributed by atoms with Gasteiger partial charge in [-0.25, -0.2) is 0 Å². The van der Waals surface area contributed by atoms with E-state index in [-0.39, 0.29) is 5.75 Å². The summed E-state index contributed by atoms with van der Waals surface area (Å²) in [7, 11) is 6.23. The van der Waals surface area contributed by atoms with Crippen LogP contribution in [0, 0.1) is 0 Å². The Morgan fingerprint density at radius 3 is 2.19 bits per heavy atom. The third kappa shape index (κ3) is 3.06. The normalized spacial score (nSPS) is 10.6. The summed E-state index contributed by atoms with van der Waals surface area (Å²) in [4.78, 5) is 4.49. The molecular weight excluding hydrogens is 334 g/mol. The number of phenolic OH excluding ortho intramolecular Hbond substituents is 1. The van der Waals surface area contributed by atoms with Gasteiger partial charge in [-0.1, -0.05) is 6.07 Å². The van der Waals surface area contributed by atoms with E-state index in [4.69, 9.17) is 18.9 Å². The van der Waals surface area contributed by atoms with Crippen LogP contribution in [0.1, 0.15) is 11.3 Å². The van der Waals surface area contributed by atoms with Crippen molar-refractivity contribution in [1.29, 1.82) is 0 Å². The van der Waals surface area contributed by atoms with Gasteiger partial charge in [0.2, 0.25) is 5.75 Å². The molecule has 26 heavy (non-hydrogen) atoms. The van der Waals surface area contributed by atoms with E-state index in [2.05, 4.69) is 4.98 Å². The van der Waals surface area contributed by atoms with E-state index in [9.17, 15) is 5.11 Å². The predicted octanol–water partition coefficient (Wildman–Crippen LogP) is 3.57. The lowest BCUT2D eigenvalue weighted by atomic mass is 10.0. The van der Waals surface area contributed by atoms with Crippen LogP contribution >= 0.6 is 0 Å². The second-order valence-electron chi connectivity index (χ2n) is 5.67. The van der Waals surface area contributed by atoms with Crippen LogP contribution in [0.2, 0.25) is 0 Å². The first kappa shape index (κ1) is 17.7. The molecule has 0 bridgehead atoms. The van der Waals surface area contributed by atoms with Crippen molar-refractivity contribution in [2.45, 2.75) is 6.42 Å². The summed E-state index contributed by atoms with van der Waals surface area (Å²) in [6.07, 6.45) is 2.17. The first-order valence-corrected chi connectivity index (χ1v) is 8.05. The molecule has 6 heteroatoms. The Morgan fingerprint density at radius 2 is 1.54 bits per heavy atom. The standard InChI is InChI=1S/C20H21NO5/c1-23-16-6-5-13(19(22)20(16)26-4)9-15-14-11-18(25-3)17(24-2)10-12(14)7-8-21-15/h5-8,10-11,22H,9H2,1-4H3. The number of fused-ring (bicyclic) bond motifs is 1. The van der Waals surface area contributed by atoms with Crippen LogP contribution in [0.15, 0.2) is 36.5 Å². The molecule has 1 heterocycles. The second kappa shape index (κ2) is 7.39. The van der Waals surface area contributed by atoms with Crippen LogP contribution in [0.4, 0.5) is 0 Å². The van der Waals surface area contributed by atoms with Gasteiger partial charge in [0.25, 0.3) is 0 Å². The number of aromatic nitrogens is 1. The average Bonchev–Trinajstić information content (AvgIpc) is 2.68. The van der Waals surface area contributed by atoms with Crippen molar-refractivity contribution in [3.05, 3.63) is 47.8 Å². The Bertz CT molecular complexity index is 939. The number of phenols is 1. The Balaban J connectivity index is 2.09. The van der Waals surface area contributed by atoms with Gasteiger partial charge in [-0.15, -0.1) is 0 Å². The first-order chi connectivity index (χ1) is 12.6. The van der Waals surface area contributed by atoms with Gasteiger partial charge in [-0.05, 0) is 29.7 Å². The SMILES string of the molecule is COc1cc2ccnc(Cc3ccc(OC)c(OC)c3O)c2cc1OC. The lowest BCUT2D eigenvalue weighted by Crippen LogP contribution is -1.98. The highest BCUT2D eigenvalue weighted by atomic mass is 16.5. The minimum Gasteiger partial charge on any atom is -0.504 e. The smallest absolute Gasteiger partial charge is 0.203 e. The average molecular weight is 355 g/mol. The molecule has 2 aromatic carbocycles. The zero-order chi connectivity index (χ0) is 18.7.